The lowest BCUT2D eigenvalue weighted by Crippen LogP contribution is -2.26. The summed E-state index contributed by atoms with van der Waals surface area (Å²) >= 11 is 4.08. The molecule has 0 saturated carbocycles. The Labute approximate surface area is 72.7 Å². The van der Waals surface area contributed by atoms with E-state index in [2.05, 4.69) is 19.2 Å². The van der Waals surface area contributed by atoms with E-state index in [1.165, 1.54) is 0 Å². The molecule has 1 saturated heterocycles. The van der Waals surface area contributed by atoms with Gasteiger partial charge in [-0.1, -0.05) is 6.08 Å². The molecule has 0 aliphatic carbocycles. The molecule has 1 unspecified atom stereocenters. The number of hydrogen-bond donors (Lipinski definition) is 1. The van der Waals surface area contributed by atoms with Gasteiger partial charge in [0.05, 0.1) is 0 Å². The standard InChI is InChI=1S/C8H13NOS/c1-2-7-5-8(10)9(6-7)3-4-11/h2,7,11H,1,3-6H2. The van der Waals surface area contributed by atoms with Crippen LogP contribution < -0.4 is 0 Å². The number of amides is 1. The van der Waals surface area contributed by atoms with E-state index in [9.17, 15) is 4.79 Å². The molecule has 1 aliphatic heterocycles. The Balaban J connectivity index is 2.44. The zero-order valence-electron chi connectivity index (χ0n) is 6.49. The largest absolute Gasteiger partial charge is 0.341 e. The highest BCUT2D eigenvalue weighted by molar-refractivity contribution is 7.80. The van der Waals surface area contributed by atoms with Crippen LogP contribution in [0, 0.1) is 5.92 Å². The van der Waals surface area contributed by atoms with Gasteiger partial charge in [-0.05, 0) is 0 Å². The van der Waals surface area contributed by atoms with Gasteiger partial charge in [-0.15, -0.1) is 6.58 Å². The number of hydrogen-bond acceptors (Lipinski definition) is 2. The quantitative estimate of drug-likeness (QED) is 0.495. The highest BCUT2D eigenvalue weighted by atomic mass is 32.1. The Kier molecular flexibility index (Phi) is 3.00. The number of carbonyl (C=O) groups excluding carboxylic acids is 1. The van der Waals surface area contributed by atoms with E-state index in [1.807, 2.05) is 11.0 Å². The SMILES string of the molecule is C=CC1CC(=O)N(CCS)C1. The fraction of sp³-hybridized carbons (Fsp3) is 0.625. The second-order valence-electron chi connectivity index (χ2n) is 2.76. The molecule has 1 atom stereocenters. The van der Waals surface area contributed by atoms with Crippen LogP contribution >= 0.6 is 12.6 Å². The summed E-state index contributed by atoms with van der Waals surface area (Å²) in [5.74, 6) is 1.35. The summed E-state index contributed by atoms with van der Waals surface area (Å²) in [4.78, 5) is 13.0. The summed E-state index contributed by atoms with van der Waals surface area (Å²) in [6, 6.07) is 0. The second kappa shape index (κ2) is 3.81. The summed E-state index contributed by atoms with van der Waals surface area (Å²) in [5, 5.41) is 0. The predicted octanol–water partition coefficient (Wildman–Crippen LogP) is 0.951. The molecule has 62 valence electrons. The van der Waals surface area contributed by atoms with Gasteiger partial charge in [0.15, 0.2) is 0 Å². The van der Waals surface area contributed by atoms with E-state index in [4.69, 9.17) is 0 Å². The molecule has 1 fully saturated rings. The minimum Gasteiger partial charge on any atom is -0.341 e. The lowest BCUT2D eigenvalue weighted by atomic mass is 10.1. The fourth-order valence-electron chi connectivity index (χ4n) is 1.30. The monoisotopic (exact) mass is 171 g/mol. The number of thiol groups is 1. The molecule has 1 amide bonds. The van der Waals surface area contributed by atoms with Crippen LogP contribution in [0.4, 0.5) is 0 Å². The van der Waals surface area contributed by atoms with Crippen molar-refractivity contribution < 1.29 is 4.79 Å². The van der Waals surface area contributed by atoms with Gasteiger partial charge in [-0.3, -0.25) is 4.79 Å². The van der Waals surface area contributed by atoms with Crippen molar-refractivity contribution in [3.8, 4) is 0 Å². The maximum Gasteiger partial charge on any atom is 0.223 e. The molecule has 11 heavy (non-hydrogen) atoms. The molecule has 0 radical (unpaired) electrons. The minimum atomic E-state index is 0.240. The summed E-state index contributed by atoms with van der Waals surface area (Å²) in [6.45, 7) is 5.28. The summed E-state index contributed by atoms with van der Waals surface area (Å²) < 4.78 is 0. The molecule has 0 aromatic heterocycles. The lowest BCUT2D eigenvalue weighted by molar-refractivity contribution is -0.127. The first-order valence-electron chi connectivity index (χ1n) is 3.79. The fourth-order valence-corrected chi connectivity index (χ4v) is 1.54. The van der Waals surface area contributed by atoms with Gasteiger partial charge in [0, 0.05) is 31.2 Å². The Morgan fingerprint density at radius 2 is 2.55 bits per heavy atom. The van der Waals surface area contributed by atoms with Crippen molar-refractivity contribution in [2.45, 2.75) is 6.42 Å². The van der Waals surface area contributed by atoms with Gasteiger partial charge in [-0.2, -0.15) is 12.6 Å². The van der Waals surface area contributed by atoms with E-state index >= 15 is 0 Å². The van der Waals surface area contributed by atoms with E-state index in [0.29, 0.717) is 12.3 Å². The van der Waals surface area contributed by atoms with Crippen LogP contribution in [0.25, 0.3) is 0 Å². The number of carbonyl (C=O) groups is 1. The molecule has 3 heteroatoms. The molecule has 0 aromatic rings. The average molecular weight is 171 g/mol. The van der Waals surface area contributed by atoms with E-state index in [0.717, 1.165) is 18.8 Å². The lowest BCUT2D eigenvalue weighted by Gasteiger charge is -2.13. The first-order valence-corrected chi connectivity index (χ1v) is 4.42. The van der Waals surface area contributed by atoms with E-state index < -0.39 is 0 Å². The van der Waals surface area contributed by atoms with Crippen molar-refractivity contribution in [2.75, 3.05) is 18.8 Å². The summed E-state index contributed by atoms with van der Waals surface area (Å²) in [5.41, 5.74) is 0. The summed E-state index contributed by atoms with van der Waals surface area (Å²) in [7, 11) is 0. The van der Waals surface area contributed by atoms with Gasteiger partial charge in [0.1, 0.15) is 0 Å². The van der Waals surface area contributed by atoms with Gasteiger partial charge < -0.3 is 4.90 Å². The molecular formula is C8H13NOS. The number of likely N-dealkylation sites (tertiary alicyclic amines) is 1. The average Bonchev–Trinajstić information content (AvgIpc) is 2.33. The van der Waals surface area contributed by atoms with Gasteiger partial charge in [-0.25, -0.2) is 0 Å². The predicted molar refractivity (Wildman–Crippen MR) is 48.7 cm³/mol. The number of nitrogens with zero attached hydrogens (tertiary/aromatic N) is 1. The molecule has 0 spiro atoms. The molecule has 2 nitrogen and oxygen atoms in total. The van der Waals surface area contributed by atoms with Crippen LogP contribution in [0.5, 0.6) is 0 Å². The molecule has 0 N–H and O–H groups in total. The zero-order chi connectivity index (χ0) is 8.27. The first-order chi connectivity index (χ1) is 5.27. The van der Waals surface area contributed by atoms with Crippen molar-refractivity contribution in [3.63, 3.8) is 0 Å². The Bertz CT molecular complexity index is 169. The molecule has 1 aliphatic rings. The van der Waals surface area contributed by atoms with Gasteiger partial charge >= 0.3 is 0 Å². The normalized spacial score (nSPS) is 24.3. The van der Waals surface area contributed by atoms with Crippen LogP contribution in [0.15, 0.2) is 12.7 Å². The Morgan fingerprint density at radius 3 is 3.00 bits per heavy atom. The van der Waals surface area contributed by atoms with Crippen molar-refractivity contribution in [1.29, 1.82) is 0 Å². The molecule has 0 aromatic carbocycles. The minimum absolute atomic E-state index is 0.240. The van der Waals surface area contributed by atoms with Crippen LogP contribution in [0.2, 0.25) is 0 Å². The van der Waals surface area contributed by atoms with E-state index in [1.54, 1.807) is 0 Å². The highest BCUT2D eigenvalue weighted by Gasteiger charge is 2.26. The van der Waals surface area contributed by atoms with Crippen molar-refractivity contribution >= 4 is 18.5 Å². The highest BCUT2D eigenvalue weighted by Crippen LogP contribution is 2.17. The zero-order valence-corrected chi connectivity index (χ0v) is 7.39. The van der Waals surface area contributed by atoms with Crippen molar-refractivity contribution in [2.24, 2.45) is 5.92 Å². The van der Waals surface area contributed by atoms with Crippen LogP contribution in [-0.2, 0) is 4.79 Å². The van der Waals surface area contributed by atoms with Crippen LogP contribution in [-0.4, -0.2) is 29.6 Å². The van der Waals surface area contributed by atoms with Gasteiger partial charge in [0.25, 0.3) is 0 Å². The van der Waals surface area contributed by atoms with E-state index in [-0.39, 0.29) is 5.91 Å². The molecule has 0 bridgehead atoms. The van der Waals surface area contributed by atoms with Crippen molar-refractivity contribution in [3.05, 3.63) is 12.7 Å². The third-order valence-electron chi connectivity index (χ3n) is 1.95. The third kappa shape index (κ3) is 1.99. The van der Waals surface area contributed by atoms with Gasteiger partial charge in [0.2, 0.25) is 5.91 Å². The Morgan fingerprint density at radius 1 is 1.82 bits per heavy atom. The first kappa shape index (κ1) is 8.65. The molecule has 1 rings (SSSR count). The van der Waals surface area contributed by atoms with Crippen molar-refractivity contribution in [1.82, 2.24) is 4.90 Å². The Hall–Kier alpha value is -0.440. The van der Waals surface area contributed by atoms with Crippen LogP contribution in [0.1, 0.15) is 6.42 Å². The third-order valence-corrected chi connectivity index (χ3v) is 2.15. The second-order valence-corrected chi connectivity index (χ2v) is 3.21. The summed E-state index contributed by atoms with van der Waals surface area (Å²) in [6.07, 6.45) is 2.49. The van der Waals surface area contributed by atoms with Crippen LogP contribution in [0.3, 0.4) is 0 Å². The number of rotatable bonds is 3. The molecule has 1 heterocycles. The smallest absolute Gasteiger partial charge is 0.223 e. The molecular weight excluding hydrogens is 158 g/mol. The maximum absolute atomic E-state index is 11.2. The maximum atomic E-state index is 11.2. The topological polar surface area (TPSA) is 20.3 Å².